The number of hydrogen-bond donors (Lipinski definition) is 2. The third kappa shape index (κ3) is 20.8. The summed E-state index contributed by atoms with van der Waals surface area (Å²) < 4.78 is 0. The third-order valence-corrected chi connectivity index (χ3v) is 3.20. The minimum atomic E-state index is -1.31. The van der Waals surface area contributed by atoms with Gasteiger partial charge in [0, 0.05) is 0 Å². The Morgan fingerprint density at radius 1 is 1.05 bits per heavy atom. The Balaban J connectivity index is -0.000000312. The van der Waals surface area contributed by atoms with E-state index in [1.54, 1.807) is 0 Å². The van der Waals surface area contributed by atoms with Crippen LogP contribution >= 0.6 is 0 Å². The van der Waals surface area contributed by atoms with Crippen molar-refractivity contribution in [1.82, 2.24) is 0 Å². The molecule has 0 spiro atoms. The first-order chi connectivity index (χ1) is 8.84. The average Bonchev–Trinajstić information content (AvgIpc) is 2.27. The van der Waals surface area contributed by atoms with E-state index >= 15 is 0 Å². The van der Waals surface area contributed by atoms with E-state index in [1.807, 2.05) is 0 Å². The number of carboxylic acids is 2. The first kappa shape index (κ1) is 25.5. The van der Waals surface area contributed by atoms with Gasteiger partial charge in [-0.05, 0) is 0 Å². The fourth-order valence-electron chi connectivity index (χ4n) is 1.97. The Hall–Kier alpha value is 0.537. The molecule has 0 amide bonds. The number of hydrogen-bond acceptors (Lipinski definition) is 2. The van der Waals surface area contributed by atoms with Crippen LogP contribution in [0.4, 0.5) is 0 Å². The molecule has 0 rings (SSSR count). The summed E-state index contributed by atoms with van der Waals surface area (Å²) in [5, 5.41) is 16.8. The van der Waals surface area contributed by atoms with Crippen molar-refractivity contribution in [2.75, 3.05) is 0 Å². The van der Waals surface area contributed by atoms with Gasteiger partial charge in [-0.3, -0.25) is 9.59 Å². The van der Waals surface area contributed by atoms with Gasteiger partial charge in [0.15, 0.2) is 0 Å². The number of aliphatic carboxylic acids is 2. The maximum atomic E-state index is 9.43. The molecule has 0 saturated carbocycles. The molecule has 0 aromatic carbocycles. The van der Waals surface area contributed by atoms with Gasteiger partial charge in [-0.15, -0.1) is 0 Å². The number of carboxylic acid groups (broad SMARTS) is 2. The molecule has 4 nitrogen and oxygen atoms in total. The first-order valence-electron chi connectivity index (χ1n) is 7.28. The summed E-state index contributed by atoms with van der Waals surface area (Å²) in [4.78, 5) is 18.9. The fourth-order valence-corrected chi connectivity index (χ4v) is 1.97. The van der Waals surface area contributed by atoms with Crippen LogP contribution in [0.15, 0.2) is 0 Å². The van der Waals surface area contributed by atoms with Crippen LogP contribution in [0, 0.1) is 11.8 Å². The van der Waals surface area contributed by atoms with E-state index in [1.165, 1.54) is 37.2 Å². The van der Waals surface area contributed by atoms with Gasteiger partial charge in [-0.1, -0.05) is 0 Å². The van der Waals surface area contributed by atoms with Crippen molar-refractivity contribution >= 4 is 59.2 Å². The van der Waals surface area contributed by atoms with Crippen molar-refractivity contribution in [3.05, 3.63) is 0 Å². The Labute approximate surface area is 154 Å². The van der Waals surface area contributed by atoms with E-state index in [0.29, 0.717) is 0 Å². The summed E-state index contributed by atoms with van der Waals surface area (Å²) in [6.07, 6.45) is 6.32. The molecule has 20 heavy (non-hydrogen) atoms. The fraction of sp³-hybridized carbons (Fsp3) is 0.857. The minimum absolute atomic E-state index is 0. The van der Waals surface area contributed by atoms with Crippen LogP contribution in [-0.2, 0) is 9.59 Å². The second kappa shape index (κ2) is 17.6. The predicted octanol–water partition coefficient (Wildman–Crippen LogP) is 2.71. The molecular weight excluding hydrogens is 262 g/mol. The Kier molecular flexibility index (Phi) is 22.4. The molecule has 6 heteroatoms. The molecule has 0 aromatic rings. The molecule has 0 aliphatic heterocycles. The molecule has 1 atom stereocenters. The summed E-state index contributed by atoms with van der Waals surface area (Å²) in [7, 11) is 0. The first-order valence-corrected chi connectivity index (χ1v) is 7.28. The third-order valence-electron chi connectivity index (χ3n) is 3.20. The second-order valence-electron chi connectivity index (χ2n) is 5.23. The predicted molar refractivity (Wildman–Crippen MR) is 84.7 cm³/mol. The molecule has 0 radical (unpaired) electrons. The zero-order chi connectivity index (χ0) is 15.3. The number of carbonyl (C=O) groups is 2. The van der Waals surface area contributed by atoms with Crippen molar-refractivity contribution in [3.8, 4) is 0 Å². The topological polar surface area (TPSA) is 74.6 Å². The van der Waals surface area contributed by atoms with Gasteiger partial charge in [-0.25, -0.2) is 0 Å². The molecule has 0 aliphatic rings. The van der Waals surface area contributed by atoms with Crippen molar-refractivity contribution in [3.63, 3.8) is 0 Å². The van der Waals surface area contributed by atoms with Gasteiger partial charge < -0.3 is 10.2 Å². The quantitative estimate of drug-likeness (QED) is 0.389. The Bertz CT molecular complexity index is 235. The molecule has 0 saturated heterocycles. The van der Waals surface area contributed by atoms with Gasteiger partial charge in [0.25, 0.3) is 0 Å². The molecule has 0 bridgehead atoms. The second-order valence-corrected chi connectivity index (χ2v) is 5.23. The standard InChI is InChI=1S/C11H23.C3H4O4.Li.Na.H/c1-5-6-7-8-9-11(4)10(2)3;4-2(5)1-3(6)7;;;/h10-11H,4-9H2,1-3H3;1H2,(H,4,5)(H,6,7);;;. The Morgan fingerprint density at radius 2 is 1.55 bits per heavy atom. The van der Waals surface area contributed by atoms with Gasteiger partial charge in [-0.2, -0.15) is 0 Å². The maximum absolute atomic E-state index is 9.43. The molecule has 2 N–H and O–H groups in total. The zero-order valence-corrected chi connectivity index (χ0v) is 12.8. The van der Waals surface area contributed by atoms with E-state index in [2.05, 4.69) is 38.5 Å². The van der Waals surface area contributed by atoms with Crippen LogP contribution in [0.2, 0.25) is 5.09 Å². The van der Waals surface area contributed by atoms with Crippen LogP contribution in [-0.4, -0.2) is 69.4 Å². The van der Waals surface area contributed by atoms with Crippen molar-refractivity contribution in [2.45, 2.75) is 64.4 Å². The van der Waals surface area contributed by atoms with E-state index in [-0.39, 0.29) is 29.6 Å². The normalized spacial score (nSPS) is 11.1. The average molecular weight is 290 g/mol. The summed E-state index contributed by atoms with van der Waals surface area (Å²) in [5.74, 6) is -0.765. The van der Waals surface area contributed by atoms with E-state index < -0.39 is 18.4 Å². The zero-order valence-electron chi connectivity index (χ0n) is 12.8. The summed E-state index contributed by atoms with van der Waals surface area (Å²) >= 11 is 2.32. The molecule has 1 unspecified atom stereocenters. The molecule has 0 heterocycles. The molecule has 0 fully saturated rings. The summed E-state index contributed by atoms with van der Waals surface area (Å²) in [6, 6.07) is 0. The molecule has 0 aliphatic carbocycles. The van der Waals surface area contributed by atoms with Crippen molar-refractivity contribution in [1.29, 1.82) is 0 Å². The van der Waals surface area contributed by atoms with Gasteiger partial charge >= 0.3 is 129 Å². The summed E-state index contributed by atoms with van der Waals surface area (Å²) in [6.45, 7) is 6.99. The Morgan fingerprint density at radius 3 is 1.80 bits per heavy atom. The van der Waals surface area contributed by atoms with Crippen molar-refractivity contribution < 1.29 is 19.8 Å². The monoisotopic (exact) mass is 290 g/mol. The van der Waals surface area contributed by atoms with Crippen LogP contribution in [0.25, 0.3) is 0 Å². The van der Waals surface area contributed by atoms with Crippen LogP contribution < -0.4 is 0 Å². The number of unbranched alkanes of at least 4 members (excludes halogenated alkanes) is 3. The van der Waals surface area contributed by atoms with Crippen molar-refractivity contribution in [2.24, 2.45) is 11.8 Å². The van der Waals surface area contributed by atoms with Gasteiger partial charge in [0.1, 0.15) is 6.42 Å². The van der Waals surface area contributed by atoms with E-state index in [0.717, 1.165) is 11.8 Å². The van der Waals surface area contributed by atoms with Gasteiger partial charge in [0.05, 0.1) is 0 Å². The molecule has 110 valence electrons. The SMILES string of the molecule is O=C(O)CC(=O)O.[Li][CH2]C(CCCCCC)C(C)C.[NaH]. The van der Waals surface area contributed by atoms with E-state index in [9.17, 15) is 9.59 Å². The molecular formula is C14H28LiNaO4. The van der Waals surface area contributed by atoms with Gasteiger partial charge in [0.2, 0.25) is 0 Å². The van der Waals surface area contributed by atoms with E-state index in [4.69, 9.17) is 10.2 Å². The van der Waals surface area contributed by atoms with Crippen LogP contribution in [0.5, 0.6) is 0 Å². The number of rotatable bonds is 9. The van der Waals surface area contributed by atoms with Crippen LogP contribution in [0.3, 0.4) is 0 Å². The van der Waals surface area contributed by atoms with Crippen LogP contribution in [0.1, 0.15) is 59.3 Å². The molecule has 0 aromatic heterocycles. The summed E-state index contributed by atoms with van der Waals surface area (Å²) in [5.41, 5.74) is 0.